The number of aliphatic hydroxyl groups is 4. The first kappa shape index (κ1) is 17.3. The summed E-state index contributed by atoms with van der Waals surface area (Å²) in [5.41, 5.74) is 4.52. The molecule has 25 heavy (non-hydrogen) atoms. The molecular weight excluding hydrogens is 334 g/mol. The van der Waals surface area contributed by atoms with Crippen LogP contribution in [-0.2, 0) is 4.74 Å². The topological polar surface area (TPSA) is 160 Å². The molecular formula is C15H17N3O7. The van der Waals surface area contributed by atoms with Crippen LogP contribution in [0.15, 0.2) is 47.4 Å². The fourth-order valence-electron chi connectivity index (χ4n) is 2.58. The van der Waals surface area contributed by atoms with Gasteiger partial charge in [-0.2, -0.15) is 4.98 Å². The molecule has 1 aromatic heterocycles. The van der Waals surface area contributed by atoms with Crippen molar-refractivity contribution in [2.75, 3.05) is 12.3 Å². The van der Waals surface area contributed by atoms with E-state index in [1.54, 1.807) is 18.2 Å². The first-order chi connectivity index (χ1) is 11.8. The lowest BCUT2D eigenvalue weighted by molar-refractivity contribution is -0.343. The average molecular weight is 351 g/mol. The molecule has 6 N–H and O–H groups in total. The van der Waals surface area contributed by atoms with E-state index in [0.29, 0.717) is 0 Å². The summed E-state index contributed by atoms with van der Waals surface area (Å²) in [6.45, 7) is -0.846. The van der Waals surface area contributed by atoms with E-state index in [4.69, 9.17) is 15.2 Å². The molecule has 1 aromatic carbocycles. The number of anilines is 1. The summed E-state index contributed by atoms with van der Waals surface area (Å²) in [6, 6.07) is 9.07. The third kappa shape index (κ3) is 2.75. The lowest BCUT2D eigenvalue weighted by Crippen LogP contribution is -2.62. The molecule has 2 heterocycles. The van der Waals surface area contributed by atoms with Crippen LogP contribution < -0.4 is 16.2 Å². The smallest absolute Gasteiger partial charge is 0.351 e. The molecule has 0 amide bonds. The number of benzene rings is 1. The molecule has 3 atom stereocenters. The van der Waals surface area contributed by atoms with Crippen LogP contribution in [0, 0.1) is 0 Å². The van der Waals surface area contributed by atoms with E-state index in [-0.39, 0.29) is 11.6 Å². The van der Waals surface area contributed by atoms with E-state index in [9.17, 15) is 25.2 Å². The number of nitrogens with two attached hydrogens (primary N) is 1. The Hall–Kier alpha value is -2.50. The summed E-state index contributed by atoms with van der Waals surface area (Å²) < 4.78 is 11.4. The van der Waals surface area contributed by atoms with E-state index in [1.807, 2.05) is 0 Å². The molecule has 0 radical (unpaired) electrons. The molecule has 0 unspecified atom stereocenters. The maximum absolute atomic E-state index is 12.1. The highest BCUT2D eigenvalue weighted by Gasteiger charge is 2.69. The number of hydrogen-bond acceptors (Lipinski definition) is 9. The third-order valence-corrected chi connectivity index (χ3v) is 3.89. The lowest BCUT2D eigenvalue weighted by atomic mass is 10.0. The molecule has 1 aliphatic heterocycles. The predicted octanol–water partition coefficient (Wildman–Crippen LogP) is -1.84. The maximum atomic E-state index is 12.1. The summed E-state index contributed by atoms with van der Waals surface area (Å²) in [6.07, 6.45) is -2.19. The van der Waals surface area contributed by atoms with Crippen molar-refractivity contribution in [3.8, 4) is 5.75 Å². The van der Waals surface area contributed by atoms with Gasteiger partial charge in [0.15, 0.2) is 0 Å². The second kappa shape index (κ2) is 6.10. The first-order valence-electron chi connectivity index (χ1n) is 7.32. The minimum Gasteiger partial charge on any atom is -0.453 e. The number of para-hydroxylation sites is 1. The molecule has 134 valence electrons. The second-order valence-corrected chi connectivity index (χ2v) is 5.54. The van der Waals surface area contributed by atoms with Gasteiger partial charge < -0.3 is 35.6 Å². The number of aliphatic hydroxyl groups excluding tert-OH is 1. The van der Waals surface area contributed by atoms with Gasteiger partial charge in [0.25, 0.3) is 5.79 Å². The van der Waals surface area contributed by atoms with Gasteiger partial charge in [-0.25, -0.2) is 4.79 Å². The van der Waals surface area contributed by atoms with Crippen LogP contribution >= 0.6 is 0 Å². The number of nitrogen functional groups attached to an aromatic ring is 1. The summed E-state index contributed by atoms with van der Waals surface area (Å²) in [7, 11) is 0. The SMILES string of the molecule is Nc1ccn([C@@H]2O[C@H](CO)C(O)(O)[C@]2(O)Oc2ccccc2)c(=O)n1. The molecule has 2 aromatic rings. The van der Waals surface area contributed by atoms with Crippen molar-refractivity contribution in [1.82, 2.24) is 9.55 Å². The normalized spacial score (nSPS) is 28.0. The van der Waals surface area contributed by atoms with Crippen LogP contribution in [-0.4, -0.2) is 54.3 Å². The molecule has 1 fully saturated rings. The molecule has 1 saturated heterocycles. The fourth-order valence-corrected chi connectivity index (χ4v) is 2.58. The number of ether oxygens (including phenoxy) is 2. The van der Waals surface area contributed by atoms with Crippen molar-refractivity contribution in [3.63, 3.8) is 0 Å². The Morgan fingerprint density at radius 2 is 1.92 bits per heavy atom. The zero-order chi connectivity index (χ0) is 18.2. The van der Waals surface area contributed by atoms with Gasteiger partial charge >= 0.3 is 11.5 Å². The Morgan fingerprint density at radius 1 is 1.24 bits per heavy atom. The Kier molecular flexibility index (Phi) is 4.22. The van der Waals surface area contributed by atoms with Gasteiger partial charge in [0.2, 0.25) is 6.23 Å². The van der Waals surface area contributed by atoms with E-state index in [0.717, 1.165) is 10.8 Å². The molecule has 10 heteroatoms. The van der Waals surface area contributed by atoms with Gasteiger partial charge in [-0.3, -0.25) is 4.57 Å². The van der Waals surface area contributed by atoms with E-state index >= 15 is 0 Å². The standard InChI is InChI=1S/C15H17N3O7/c16-11-6-7-18(13(20)17-11)12-15(23,14(21,22)10(8-19)24-12)25-9-4-2-1-3-5-9/h1-7,10,12,19,21-23H,8H2,(H2,16,17,20)/t10-,12-,15-/m1/s1. The highest BCUT2D eigenvalue weighted by molar-refractivity contribution is 5.25. The first-order valence-corrected chi connectivity index (χ1v) is 7.32. The number of nitrogens with zero attached hydrogens (tertiary/aromatic N) is 2. The molecule has 1 aliphatic rings. The van der Waals surface area contributed by atoms with Crippen molar-refractivity contribution < 1.29 is 29.9 Å². The molecule has 0 bridgehead atoms. The number of rotatable bonds is 4. The summed E-state index contributed by atoms with van der Waals surface area (Å²) in [5, 5.41) is 40.9. The van der Waals surface area contributed by atoms with Crippen molar-refractivity contribution >= 4 is 5.82 Å². The molecule has 0 spiro atoms. The monoisotopic (exact) mass is 351 g/mol. The van der Waals surface area contributed by atoms with Crippen LogP contribution in [0.25, 0.3) is 0 Å². The molecule has 0 saturated carbocycles. The average Bonchev–Trinajstić information content (AvgIpc) is 2.75. The summed E-state index contributed by atoms with van der Waals surface area (Å²) in [5.74, 6) is -5.82. The van der Waals surface area contributed by atoms with Crippen molar-refractivity contribution in [3.05, 3.63) is 53.1 Å². The van der Waals surface area contributed by atoms with E-state index in [1.165, 1.54) is 18.2 Å². The Bertz CT molecular complexity index is 810. The zero-order valence-electron chi connectivity index (χ0n) is 12.9. The van der Waals surface area contributed by atoms with Gasteiger partial charge in [0.05, 0.1) is 6.61 Å². The van der Waals surface area contributed by atoms with E-state index in [2.05, 4.69) is 4.98 Å². The maximum Gasteiger partial charge on any atom is 0.351 e. The number of hydrogen-bond donors (Lipinski definition) is 5. The van der Waals surface area contributed by atoms with Crippen LogP contribution in [0.1, 0.15) is 6.23 Å². The van der Waals surface area contributed by atoms with Crippen molar-refractivity contribution in [1.29, 1.82) is 0 Å². The van der Waals surface area contributed by atoms with Gasteiger partial charge in [0, 0.05) is 6.20 Å². The zero-order valence-corrected chi connectivity index (χ0v) is 12.9. The Labute approximate surface area is 141 Å². The molecule has 0 aliphatic carbocycles. The highest BCUT2D eigenvalue weighted by atomic mass is 16.7. The Balaban J connectivity index is 2.10. The lowest BCUT2D eigenvalue weighted by Gasteiger charge is -2.36. The summed E-state index contributed by atoms with van der Waals surface area (Å²) in [4.78, 5) is 15.6. The fraction of sp³-hybridized carbons (Fsp3) is 0.333. The predicted molar refractivity (Wildman–Crippen MR) is 83.1 cm³/mol. The van der Waals surface area contributed by atoms with Gasteiger partial charge in [-0.1, -0.05) is 18.2 Å². The largest absolute Gasteiger partial charge is 0.453 e. The third-order valence-electron chi connectivity index (χ3n) is 3.89. The van der Waals surface area contributed by atoms with Gasteiger partial charge in [0.1, 0.15) is 17.7 Å². The second-order valence-electron chi connectivity index (χ2n) is 5.54. The molecule has 3 rings (SSSR count). The minimum absolute atomic E-state index is 0.0651. The van der Waals surface area contributed by atoms with E-state index < -0.39 is 36.2 Å². The van der Waals surface area contributed by atoms with Gasteiger partial charge in [-0.05, 0) is 18.2 Å². The Morgan fingerprint density at radius 3 is 2.52 bits per heavy atom. The van der Waals surface area contributed by atoms with Crippen LogP contribution in [0.5, 0.6) is 5.75 Å². The highest BCUT2D eigenvalue weighted by Crippen LogP contribution is 2.44. The van der Waals surface area contributed by atoms with Crippen LogP contribution in [0.2, 0.25) is 0 Å². The minimum atomic E-state index is -3.02. The van der Waals surface area contributed by atoms with Crippen molar-refractivity contribution in [2.24, 2.45) is 0 Å². The number of aromatic nitrogens is 2. The van der Waals surface area contributed by atoms with Gasteiger partial charge in [-0.15, -0.1) is 0 Å². The summed E-state index contributed by atoms with van der Waals surface area (Å²) >= 11 is 0. The quantitative estimate of drug-likeness (QED) is 0.399. The molecule has 10 nitrogen and oxygen atoms in total. The van der Waals surface area contributed by atoms with Crippen molar-refractivity contribution in [2.45, 2.75) is 23.9 Å². The van der Waals surface area contributed by atoms with Crippen LogP contribution in [0.4, 0.5) is 5.82 Å². The van der Waals surface area contributed by atoms with Crippen LogP contribution in [0.3, 0.4) is 0 Å².